The molecule has 2 aromatic carbocycles. The minimum atomic E-state index is -3.65. The summed E-state index contributed by atoms with van der Waals surface area (Å²) in [6.07, 6.45) is 1.32. The second-order valence-electron chi connectivity index (χ2n) is 7.42. The molecule has 1 unspecified atom stereocenters. The minimum Gasteiger partial charge on any atom is -0.325 e. The number of hydrogen-bond acceptors (Lipinski definition) is 3. The zero-order valence-electron chi connectivity index (χ0n) is 16.3. The molecule has 3 rings (SSSR count). The lowest BCUT2D eigenvalue weighted by atomic mass is 9.98. The first-order chi connectivity index (χ1) is 13.2. The van der Waals surface area contributed by atoms with E-state index in [-0.39, 0.29) is 23.3 Å². The van der Waals surface area contributed by atoms with Gasteiger partial charge in [0, 0.05) is 23.8 Å². The highest BCUT2D eigenvalue weighted by atomic mass is 35.5. The van der Waals surface area contributed by atoms with E-state index in [0.29, 0.717) is 24.4 Å². The Balaban J connectivity index is 1.76. The van der Waals surface area contributed by atoms with Gasteiger partial charge in [-0.05, 0) is 69.0 Å². The molecule has 28 heavy (non-hydrogen) atoms. The topological polar surface area (TPSA) is 66.5 Å². The maximum absolute atomic E-state index is 12.9. The van der Waals surface area contributed by atoms with Gasteiger partial charge in [0.05, 0.1) is 10.8 Å². The molecular formula is C21H25ClN2O3S. The Kier molecular flexibility index (Phi) is 6.12. The van der Waals surface area contributed by atoms with E-state index in [9.17, 15) is 13.2 Å². The molecule has 1 saturated heterocycles. The van der Waals surface area contributed by atoms with E-state index in [1.54, 1.807) is 12.1 Å². The summed E-state index contributed by atoms with van der Waals surface area (Å²) in [4.78, 5) is 13.1. The largest absolute Gasteiger partial charge is 0.325 e. The first-order valence-electron chi connectivity index (χ1n) is 9.33. The average Bonchev–Trinajstić information content (AvgIpc) is 2.65. The van der Waals surface area contributed by atoms with Gasteiger partial charge in [-0.1, -0.05) is 29.3 Å². The van der Waals surface area contributed by atoms with Crippen LogP contribution in [0.5, 0.6) is 0 Å². The highest BCUT2D eigenvalue weighted by molar-refractivity contribution is 7.89. The van der Waals surface area contributed by atoms with Crippen LogP contribution in [0.1, 0.15) is 29.5 Å². The number of nitrogens with one attached hydrogen (secondary N) is 1. The van der Waals surface area contributed by atoms with Crippen LogP contribution in [-0.2, 0) is 14.8 Å². The maximum atomic E-state index is 12.9. The van der Waals surface area contributed by atoms with Crippen LogP contribution in [-0.4, -0.2) is 31.7 Å². The standard InChI is InChI=1S/C21H25ClN2O3S/c1-14-11-15(2)20(16(3)12-14)23-21(25)17-5-4-10-24(13-17)28(26,27)19-8-6-18(22)7-9-19/h6-9,11-12,17H,4-5,10,13H2,1-3H3,(H,23,25). The van der Waals surface area contributed by atoms with Crippen molar-refractivity contribution in [2.24, 2.45) is 5.92 Å². The number of piperidine rings is 1. The molecule has 1 fully saturated rings. The van der Waals surface area contributed by atoms with Crippen LogP contribution < -0.4 is 5.32 Å². The third kappa shape index (κ3) is 4.40. The minimum absolute atomic E-state index is 0.133. The quantitative estimate of drug-likeness (QED) is 0.801. The van der Waals surface area contributed by atoms with E-state index < -0.39 is 10.0 Å². The first kappa shape index (κ1) is 20.8. The van der Waals surface area contributed by atoms with E-state index in [1.807, 2.05) is 32.9 Å². The Morgan fingerprint density at radius 1 is 1.11 bits per heavy atom. The van der Waals surface area contributed by atoms with Gasteiger partial charge in [-0.3, -0.25) is 4.79 Å². The summed E-state index contributed by atoms with van der Waals surface area (Å²) in [7, 11) is -3.65. The molecule has 7 heteroatoms. The summed E-state index contributed by atoms with van der Waals surface area (Å²) in [6.45, 7) is 6.55. The second kappa shape index (κ2) is 8.23. The summed E-state index contributed by atoms with van der Waals surface area (Å²) >= 11 is 5.86. The predicted octanol–water partition coefficient (Wildman–Crippen LogP) is 4.30. The van der Waals surface area contributed by atoms with Gasteiger partial charge < -0.3 is 5.32 Å². The summed E-state index contributed by atoms with van der Waals surface area (Å²) in [5.41, 5.74) is 3.97. The fourth-order valence-corrected chi connectivity index (χ4v) is 5.38. The molecule has 0 radical (unpaired) electrons. The van der Waals surface area contributed by atoms with Gasteiger partial charge >= 0.3 is 0 Å². The van der Waals surface area contributed by atoms with Crippen LogP contribution in [0.15, 0.2) is 41.3 Å². The van der Waals surface area contributed by atoms with Crippen molar-refractivity contribution in [2.75, 3.05) is 18.4 Å². The lowest BCUT2D eigenvalue weighted by Gasteiger charge is -2.31. The molecule has 1 aliphatic heterocycles. The molecule has 0 bridgehead atoms. The molecule has 0 aliphatic carbocycles. The lowest BCUT2D eigenvalue weighted by Crippen LogP contribution is -2.43. The normalized spacial score (nSPS) is 18.1. The zero-order valence-corrected chi connectivity index (χ0v) is 17.9. The first-order valence-corrected chi connectivity index (χ1v) is 11.1. The van der Waals surface area contributed by atoms with Gasteiger partial charge in [0.2, 0.25) is 15.9 Å². The van der Waals surface area contributed by atoms with Gasteiger partial charge in [-0.15, -0.1) is 0 Å². The molecule has 0 aromatic heterocycles. The predicted molar refractivity (Wildman–Crippen MR) is 112 cm³/mol. The van der Waals surface area contributed by atoms with Crippen LogP contribution in [0.2, 0.25) is 5.02 Å². The smallest absolute Gasteiger partial charge is 0.243 e. The number of nitrogens with zero attached hydrogens (tertiary/aromatic N) is 1. The van der Waals surface area contributed by atoms with Crippen LogP contribution in [0, 0.1) is 26.7 Å². The van der Waals surface area contributed by atoms with Crippen molar-refractivity contribution in [2.45, 2.75) is 38.5 Å². The number of hydrogen-bond donors (Lipinski definition) is 1. The van der Waals surface area contributed by atoms with Crippen LogP contribution in [0.25, 0.3) is 0 Å². The Labute approximate surface area is 171 Å². The van der Waals surface area contributed by atoms with Crippen molar-refractivity contribution in [3.63, 3.8) is 0 Å². The van der Waals surface area contributed by atoms with E-state index >= 15 is 0 Å². The summed E-state index contributed by atoms with van der Waals surface area (Å²) < 4.78 is 27.2. The number of carbonyl (C=O) groups is 1. The number of anilines is 1. The highest BCUT2D eigenvalue weighted by Crippen LogP contribution is 2.27. The monoisotopic (exact) mass is 420 g/mol. The molecule has 1 atom stereocenters. The number of benzene rings is 2. The maximum Gasteiger partial charge on any atom is 0.243 e. The Hall–Kier alpha value is -1.89. The fraction of sp³-hybridized carbons (Fsp3) is 0.381. The molecule has 2 aromatic rings. The number of sulfonamides is 1. The van der Waals surface area contributed by atoms with Gasteiger partial charge in [0.25, 0.3) is 0 Å². The highest BCUT2D eigenvalue weighted by Gasteiger charge is 2.33. The molecule has 1 amide bonds. The number of carbonyl (C=O) groups excluding carboxylic acids is 1. The van der Waals surface area contributed by atoms with Crippen molar-refractivity contribution in [3.8, 4) is 0 Å². The van der Waals surface area contributed by atoms with E-state index in [1.165, 1.54) is 16.4 Å². The number of aryl methyl sites for hydroxylation is 3. The molecule has 5 nitrogen and oxygen atoms in total. The Bertz CT molecular complexity index is 964. The van der Waals surface area contributed by atoms with Crippen molar-refractivity contribution in [1.82, 2.24) is 4.31 Å². The molecule has 1 N–H and O–H groups in total. The lowest BCUT2D eigenvalue weighted by molar-refractivity contribution is -0.120. The second-order valence-corrected chi connectivity index (χ2v) is 9.79. The van der Waals surface area contributed by atoms with Crippen molar-refractivity contribution in [1.29, 1.82) is 0 Å². The SMILES string of the molecule is Cc1cc(C)c(NC(=O)C2CCCN(S(=O)(=O)c3ccc(Cl)cc3)C2)c(C)c1. The summed E-state index contributed by atoms with van der Waals surface area (Å²) in [5, 5.41) is 3.50. The summed E-state index contributed by atoms with van der Waals surface area (Å²) in [6, 6.07) is 10.2. The van der Waals surface area contributed by atoms with Crippen molar-refractivity contribution in [3.05, 3.63) is 58.1 Å². The third-order valence-corrected chi connectivity index (χ3v) is 7.26. The van der Waals surface area contributed by atoms with Gasteiger partial charge in [-0.2, -0.15) is 4.31 Å². The van der Waals surface area contributed by atoms with Gasteiger partial charge in [0.15, 0.2) is 0 Å². The van der Waals surface area contributed by atoms with Crippen LogP contribution >= 0.6 is 11.6 Å². The molecule has 0 saturated carbocycles. The molecule has 0 spiro atoms. The Morgan fingerprint density at radius 2 is 1.71 bits per heavy atom. The summed E-state index contributed by atoms with van der Waals surface area (Å²) in [5.74, 6) is -0.512. The number of rotatable bonds is 4. The molecule has 1 heterocycles. The third-order valence-electron chi connectivity index (χ3n) is 5.13. The molecule has 150 valence electrons. The van der Waals surface area contributed by atoms with E-state index in [4.69, 9.17) is 11.6 Å². The number of amides is 1. The average molecular weight is 421 g/mol. The van der Waals surface area contributed by atoms with E-state index in [0.717, 1.165) is 22.4 Å². The van der Waals surface area contributed by atoms with Crippen LogP contribution in [0.3, 0.4) is 0 Å². The van der Waals surface area contributed by atoms with E-state index in [2.05, 4.69) is 5.32 Å². The number of halogens is 1. The fourth-order valence-electron chi connectivity index (χ4n) is 3.73. The van der Waals surface area contributed by atoms with Crippen molar-refractivity contribution < 1.29 is 13.2 Å². The van der Waals surface area contributed by atoms with Gasteiger partial charge in [-0.25, -0.2) is 8.42 Å². The van der Waals surface area contributed by atoms with Crippen molar-refractivity contribution >= 4 is 33.2 Å². The van der Waals surface area contributed by atoms with Crippen LogP contribution in [0.4, 0.5) is 5.69 Å². The Morgan fingerprint density at radius 3 is 2.32 bits per heavy atom. The molecular weight excluding hydrogens is 396 g/mol. The zero-order chi connectivity index (χ0) is 20.5. The van der Waals surface area contributed by atoms with Gasteiger partial charge in [0.1, 0.15) is 0 Å². The molecule has 1 aliphatic rings.